The van der Waals surface area contributed by atoms with Crippen LogP contribution in [-0.2, 0) is 14.3 Å². The number of hydrogen-bond acceptors (Lipinski definition) is 5. The number of esters is 1. The van der Waals surface area contributed by atoms with Gasteiger partial charge in [0.05, 0.1) is 14.2 Å². The summed E-state index contributed by atoms with van der Waals surface area (Å²) in [4.78, 5) is 37.5. The van der Waals surface area contributed by atoms with Crippen molar-refractivity contribution in [2.24, 2.45) is 5.92 Å². The van der Waals surface area contributed by atoms with Crippen molar-refractivity contribution in [1.82, 2.24) is 4.90 Å². The van der Waals surface area contributed by atoms with Crippen LogP contribution in [-0.4, -0.2) is 49.9 Å². The lowest BCUT2D eigenvalue weighted by Gasteiger charge is -2.30. The molecule has 0 aliphatic carbocycles. The van der Waals surface area contributed by atoms with Crippen molar-refractivity contribution in [3.63, 3.8) is 0 Å². The van der Waals surface area contributed by atoms with E-state index in [2.05, 4.69) is 4.74 Å². The van der Waals surface area contributed by atoms with Gasteiger partial charge in [0.25, 0.3) is 5.91 Å². The molecule has 0 N–H and O–H groups in total. The Bertz CT molecular complexity index is 603. The highest BCUT2D eigenvalue weighted by Gasteiger charge is 2.35. The molecule has 0 radical (unpaired) electrons. The summed E-state index contributed by atoms with van der Waals surface area (Å²) in [5.74, 6) is -1.15. The normalized spacial score (nSPS) is 18.0. The third-order valence-corrected chi connectivity index (χ3v) is 3.83. The summed E-state index contributed by atoms with van der Waals surface area (Å²) in [5.41, 5.74) is 1.36. The van der Waals surface area contributed by atoms with E-state index in [9.17, 15) is 14.4 Å². The van der Waals surface area contributed by atoms with Gasteiger partial charge < -0.3 is 14.4 Å². The molecular formula is C16H19NO5. The van der Waals surface area contributed by atoms with Crippen LogP contribution in [0.25, 0.3) is 0 Å². The zero-order chi connectivity index (χ0) is 16.3. The second-order valence-electron chi connectivity index (χ2n) is 5.23. The fourth-order valence-electron chi connectivity index (χ4n) is 2.56. The van der Waals surface area contributed by atoms with E-state index >= 15 is 0 Å². The van der Waals surface area contributed by atoms with Gasteiger partial charge in [0.15, 0.2) is 5.78 Å². The van der Waals surface area contributed by atoms with Gasteiger partial charge in [-0.15, -0.1) is 0 Å². The molecule has 1 aromatic carbocycles. The monoisotopic (exact) mass is 305 g/mol. The number of Topliss-reactive ketones (excluding diaryl/α,β-unsaturated/α-hetero) is 1. The first-order chi connectivity index (χ1) is 10.5. The largest absolute Gasteiger partial charge is 0.496 e. The average molecular weight is 305 g/mol. The summed E-state index contributed by atoms with van der Waals surface area (Å²) in [7, 11) is 2.81. The Morgan fingerprint density at radius 3 is 2.59 bits per heavy atom. The number of ether oxygens (including phenoxy) is 2. The van der Waals surface area contributed by atoms with Gasteiger partial charge in [0.2, 0.25) is 0 Å². The SMILES string of the molecule is COC(=O)C1CN(C(=O)c2ccc(OC)c(C)c2)CCC1=O. The number of hydrogen-bond donors (Lipinski definition) is 0. The number of rotatable bonds is 3. The van der Waals surface area contributed by atoms with Crippen molar-refractivity contribution in [2.75, 3.05) is 27.3 Å². The van der Waals surface area contributed by atoms with Gasteiger partial charge in [-0.25, -0.2) is 0 Å². The standard InChI is InChI=1S/C16H19NO5/c1-10-8-11(4-5-14(10)21-2)15(19)17-7-6-13(18)12(9-17)16(20)22-3/h4-5,8,12H,6-7,9H2,1-3H3. The predicted molar refractivity (Wildman–Crippen MR) is 78.8 cm³/mol. The Morgan fingerprint density at radius 2 is 2.00 bits per heavy atom. The maximum absolute atomic E-state index is 12.5. The number of amides is 1. The number of methoxy groups -OCH3 is 2. The Labute approximate surface area is 129 Å². The lowest BCUT2D eigenvalue weighted by atomic mass is 9.96. The molecular weight excluding hydrogens is 286 g/mol. The molecule has 0 saturated carbocycles. The van der Waals surface area contributed by atoms with Crippen molar-refractivity contribution in [3.05, 3.63) is 29.3 Å². The number of carbonyl (C=O) groups excluding carboxylic acids is 3. The van der Waals surface area contributed by atoms with Crippen LogP contribution in [0.5, 0.6) is 5.75 Å². The van der Waals surface area contributed by atoms with E-state index in [1.807, 2.05) is 6.92 Å². The number of piperidine rings is 1. The minimum absolute atomic E-state index is 0.0649. The molecule has 1 aliphatic heterocycles. The number of carbonyl (C=O) groups is 3. The first kappa shape index (κ1) is 16.0. The summed E-state index contributed by atoms with van der Waals surface area (Å²) in [6, 6.07) is 5.15. The van der Waals surface area contributed by atoms with Crippen LogP contribution < -0.4 is 4.74 Å². The molecule has 0 bridgehead atoms. The van der Waals surface area contributed by atoms with E-state index in [1.165, 1.54) is 12.0 Å². The zero-order valence-corrected chi connectivity index (χ0v) is 12.9. The van der Waals surface area contributed by atoms with Crippen molar-refractivity contribution >= 4 is 17.7 Å². The van der Waals surface area contributed by atoms with Crippen LogP contribution in [0.1, 0.15) is 22.3 Å². The van der Waals surface area contributed by atoms with Gasteiger partial charge in [-0.05, 0) is 30.7 Å². The van der Waals surface area contributed by atoms with Gasteiger partial charge in [0.1, 0.15) is 11.7 Å². The Kier molecular flexibility index (Phi) is 4.80. The quantitative estimate of drug-likeness (QED) is 0.620. The van der Waals surface area contributed by atoms with Gasteiger partial charge in [-0.3, -0.25) is 14.4 Å². The highest BCUT2D eigenvalue weighted by molar-refractivity contribution is 6.02. The zero-order valence-electron chi connectivity index (χ0n) is 12.9. The van der Waals surface area contributed by atoms with Crippen molar-refractivity contribution in [3.8, 4) is 5.75 Å². The Morgan fingerprint density at radius 1 is 1.27 bits per heavy atom. The molecule has 22 heavy (non-hydrogen) atoms. The van der Waals surface area contributed by atoms with Crippen molar-refractivity contribution in [2.45, 2.75) is 13.3 Å². The fourth-order valence-corrected chi connectivity index (χ4v) is 2.56. The van der Waals surface area contributed by atoms with E-state index in [-0.39, 0.29) is 24.7 Å². The number of benzene rings is 1. The van der Waals surface area contributed by atoms with Crippen LogP contribution in [0.15, 0.2) is 18.2 Å². The first-order valence-corrected chi connectivity index (χ1v) is 7.02. The highest BCUT2D eigenvalue weighted by Crippen LogP contribution is 2.21. The third-order valence-electron chi connectivity index (χ3n) is 3.83. The summed E-state index contributed by atoms with van der Waals surface area (Å²) in [6.45, 7) is 2.23. The molecule has 1 aromatic rings. The predicted octanol–water partition coefficient (Wildman–Crippen LogP) is 1.21. The first-order valence-electron chi connectivity index (χ1n) is 7.02. The number of likely N-dealkylation sites (tertiary alicyclic amines) is 1. The van der Waals surface area contributed by atoms with Crippen LogP contribution in [0.4, 0.5) is 0 Å². The topological polar surface area (TPSA) is 72.9 Å². The molecule has 0 aromatic heterocycles. The molecule has 0 spiro atoms. The number of ketones is 1. The number of aryl methyl sites for hydroxylation is 1. The molecule has 6 heteroatoms. The third kappa shape index (κ3) is 3.10. The van der Waals surface area contributed by atoms with Crippen molar-refractivity contribution < 1.29 is 23.9 Å². The maximum atomic E-state index is 12.5. The molecule has 1 amide bonds. The minimum atomic E-state index is -0.887. The second-order valence-corrected chi connectivity index (χ2v) is 5.23. The van der Waals surface area contributed by atoms with E-state index in [0.717, 1.165) is 5.56 Å². The number of nitrogens with zero attached hydrogens (tertiary/aromatic N) is 1. The summed E-state index contributed by atoms with van der Waals surface area (Å²) in [5, 5.41) is 0. The van der Waals surface area contributed by atoms with Gasteiger partial charge >= 0.3 is 5.97 Å². The van der Waals surface area contributed by atoms with Crippen LogP contribution in [0.2, 0.25) is 0 Å². The second kappa shape index (κ2) is 6.60. The molecule has 1 saturated heterocycles. The van der Waals surface area contributed by atoms with Crippen molar-refractivity contribution in [1.29, 1.82) is 0 Å². The van der Waals surface area contributed by atoms with Gasteiger partial charge in [0, 0.05) is 25.1 Å². The molecule has 1 atom stereocenters. The van der Waals surface area contributed by atoms with E-state index in [1.54, 1.807) is 25.3 Å². The van der Waals surface area contributed by atoms with Crippen LogP contribution >= 0.6 is 0 Å². The highest BCUT2D eigenvalue weighted by atomic mass is 16.5. The smallest absolute Gasteiger partial charge is 0.318 e. The van der Waals surface area contributed by atoms with E-state index in [4.69, 9.17) is 4.74 Å². The van der Waals surface area contributed by atoms with Crippen LogP contribution in [0, 0.1) is 12.8 Å². The molecule has 6 nitrogen and oxygen atoms in total. The lowest BCUT2D eigenvalue weighted by molar-refractivity contribution is -0.151. The molecule has 1 fully saturated rings. The summed E-state index contributed by atoms with van der Waals surface area (Å²) < 4.78 is 9.80. The van der Waals surface area contributed by atoms with Crippen LogP contribution in [0.3, 0.4) is 0 Å². The van der Waals surface area contributed by atoms with Gasteiger partial charge in [-0.1, -0.05) is 0 Å². The molecule has 118 valence electrons. The van der Waals surface area contributed by atoms with E-state index in [0.29, 0.717) is 17.9 Å². The Hall–Kier alpha value is -2.37. The molecule has 2 rings (SSSR count). The lowest BCUT2D eigenvalue weighted by Crippen LogP contribution is -2.47. The van der Waals surface area contributed by atoms with E-state index < -0.39 is 11.9 Å². The fraction of sp³-hybridized carbons (Fsp3) is 0.438. The van der Waals surface area contributed by atoms with Gasteiger partial charge in [-0.2, -0.15) is 0 Å². The maximum Gasteiger partial charge on any atom is 0.318 e. The Balaban J connectivity index is 2.17. The molecule has 1 heterocycles. The molecule has 1 aliphatic rings. The minimum Gasteiger partial charge on any atom is -0.496 e. The molecule has 1 unspecified atom stereocenters. The summed E-state index contributed by atoms with van der Waals surface area (Å²) in [6.07, 6.45) is 0.167. The average Bonchev–Trinajstić information content (AvgIpc) is 2.53. The summed E-state index contributed by atoms with van der Waals surface area (Å²) >= 11 is 0.